The molecule has 5 nitrogen and oxygen atoms in total. The Balaban J connectivity index is 1.62. The van der Waals surface area contributed by atoms with Crippen LogP contribution in [0.15, 0.2) is 48.0 Å². The van der Waals surface area contributed by atoms with E-state index in [1.54, 1.807) is 7.11 Å². The molecule has 0 unspecified atom stereocenters. The van der Waals surface area contributed by atoms with Crippen LogP contribution in [0.5, 0.6) is 5.06 Å². The molecule has 1 amide bonds. The molecule has 6 heteroatoms. The highest BCUT2D eigenvalue weighted by Crippen LogP contribution is 2.31. The van der Waals surface area contributed by atoms with Crippen LogP contribution in [0.3, 0.4) is 0 Å². The summed E-state index contributed by atoms with van der Waals surface area (Å²) in [6.07, 6.45) is 1.85. The second-order valence-electron chi connectivity index (χ2n) is 5.35. The standard InChI is InChI=1S/C17H15N3O2S/c1-22-17-14(7-8-23-17)16(21)19-10-12-9-18-20(15(12)11-19)13-5-3-2-4-6-13/h2-9H,10-11H2,1H3. The molecule has 116 valence electrons. The van der Waals surface area contributed by atoms with Crippen LogP contribution >= 0.6 is 11.3 Å². The predicted molar refractivity (Wildman–Crippen MR) is 88.0 cm³/mol. The fourth-order valence-corrected chi connectivity index (χ4v) is 3.57. The van der Waals surface area contributed by atoms with Crippen molar-refractivity contribution in [3.05, 3.63) is 64.8 Å². The Morgan fingerprint density at radius 2 is 2.04 bits per heavy atom. The molecule has 2 aromatic heterocycles. The van der Waals surface area contributed by atoms with E-state index in [4.69, 9.17) is 4.74 Å². The Kier molecular flexibility index (Phi) is 3.38. The number of thiophene rings is 1. The van der Waals surface area contributed by atoms with Crippen molar-refractivity contribution in [3.63, 3.8) is 0 Å². The van der Waals surface area contributed by atoms with Gasteiger partial charge in [0.1, 0.15) is 0 Å². The lowest BCUT2D eigenvalue weighted by Gasteiger charge is -2.16. The topological polar surface area (TPSA) is 47.4 Å². The van der Waals surface area contributed by atoms with Gasteiger partial charge in [0, 0.05) is 12.1 Å². The molecule has 3 heterocycles. The number of hydrogen-bond acceptors (Lipinski definition) is 4. The van der Waals surface area contributed by atoms with Crippen LogP contribution in [-0.4, -0.2) is 27.7 Å². The maximum atomic E-state index is 12.7. The van der Waals surface area contributed by atoms with Crippen molar-refractivity contribution in [1.82, 2.24) is 14.7 Å². The number of fused-ring (bicyclic) bond motifs is 1. The quantitative estimate of drug-likeness (QED) is 0.743. The van der Waals surface area contributed by atoms with Crippen LogP contribution in [0.25, 0.3) is 5.69 Å². The van der Waals surface area contributed by atoms with Crippen LogP contribution in [-0.2, 0) is 13.1 Å². The Hall–Kier alpha value is -2.60. The average Bonchev–Trinajstić information content (AvgIpc) is 3.29. The first-order valence-electron chi connectivity index (χ1n) is 7.30. The fraction of sp³-hybridized carbons (Fsp3) is 0.176. The first-order chi connectivity index (χ1) is 11.3. The molecule has 23 heavy (non-hydrogen) atoms. The molecule has 1 aromatic carbocycles. The molecule has 0 spiro atoms. The monoisotopic (exact) mass is 325 g/mol. The lowest BCUT2D eigenvalue weighted by molar-refractivity contribution is 0.0746. The number of carbonyl (C=O) groups is 1. The molecule has 4 rings (SSSR count). The minimum absolute atomic E-state index is 0.00101. The van der Waals surface area contributed by atoms with Gasteiger partial charge in [0.25, 0.3) is 5.91 Å². The maximum absolute atomic E-state index is 12.7. The van der Waals surface area contributed by atoms with E-state index in [-0.39, 0.29) is 5.91 Å². The Labute approximate surface area is 137 Å². The van der Waals surface area contributed by atoms with Crippen molar-refractivity contribution in [2.45, 2.75) is 13.1 Å². The van der Waals surface area contributed by atoms with E-state index in [1.165, 1.54) is 11.3 Å². The zero-order chi connectivity index (χ0) is 15.8. The third kappa shape index (κ3) is 2.31. The number of nitrogens with zero attached hydrogens (tertiary/aromatic N) is 3. The molecule has 0 saturated heterocycles. The number of rotatable bonds is 3. The Morgan fingerprint density at radius 3 is 2.83 bits per heavy atom. The van der Waals surface area contributed by atoms with Gasteiger partial charge in [0.05, 0.1) is 36.8 Å². The molecule has 0 saturated carbocycles. The molecule has 0 N–H and O–H groups in total. The predicted octanol–water partition coefficient (Wildman–Crippen LogP) is 3.10. The Morgan fingerprint density at radius 1 is 1.22 bits per heavy atom. The maximum Gasteiger partial charge on any atom is 0.259 e. The van der Waals surface area contributed by atoms with Gasteiger partial charge >= 0.3 is 0 Å². The van der Waals surface area contributed by atoms with Gasteiger partial charge in [0.2, 0.25) is 0 Å². The van der Waals surface area contributed by atoms with E-state index in [9.17, 15) is 4.79 Å². The smallest absolute Gasteiger partial charge is 0.259 e. The van der Waals surface area contributed by atoms with E-state index >= 15 is 0 Å². The van der Waals surface area contributed by atoms with Gasteiger partial charge in [-0.25, -0.2) is 4.68 Å². The molecule has 0 radical (unpaired) electrons. The molecule has 0 aliphatic carbocycles. The van der Waals surface area contributed by atoms with Gasteiger partial charge in [-0.3, -0.25) is 4.79 Å². The molecule has 0 atom stereocenters. The number of methoxy groups -OCH3 is 1. The van der Waals surface area contributed by atoms with Gasteiger partial charge in [-0.1, -0.05) is 18.2 Å². The average molecular weight is 325 g/mol. The SMILES string of the molecule is COc1sccc1C(=O)N1Cc2cnn(-c3ccccc3)c2C1. The van der Waals surface area contributed by atoms with Crippen molar-refractivity contribution in [2.24, 2.45) is 0 Å². The normalized spacial score (nSPS) is 13.2. The number of aromatic nitrogens is 2. The zero-order valence-electron chi connectivity index (χ0n) is 12.6. The van der Waals surface area contributed by atoms with Crippen molar-refractivity contribution in [3.8, 4) is 10.8 Å². The van der Waals surface area contributed by atoms with Gasteiger partial charge in [-0.05, 0) is 23.6 Å². The third-order valence-electron chi connectivity index (χ3n) is 3.99. The van der Waals surface area contributed by atoms with Crippen molar-refractivity contribution in [1.29, 1.82) is 0 Å². The molecule has 0 bridgehead atoms. The first-order valence-corrected chi connectivity index (χ1v) is 8.18. The van der Waals surface area contributed by atoms with Crippen molar-refractivity contribution < 1.29 is 9.53 Å². The molecule has 1 aliphatic rings. The summed E-state index contributed by atoms with van der Waals surface area (Å²) < 4.78 is 7.18. The fourth-order valence-electron chi connectivity index (χ4n) is 2.87. The summed E-state index contributed by atoms with van der Waals surface area (Å²) in [5.41, 5.74) is 3.80. The van der Waals surface area contributed by atoms with Crippen molar-refractivity contribution >= 4 is 17.2 Å². The summed E-state index contributed by atoms with van der Waals surface area (Å²) in [4.78, 5) is 14.6. The van der Waals surface area contributed by atoms with E-state index in [0.29, 0.717) is 23.7 Å². The highest BCUT2D eigenvalue weighted by atomic mass is 32.1. The Bertz CT molecular complexity index is 854. The number of para-hydroxylation sites is 1. The summed E-state index contributed by atoms with van der Waals surface area (Å²) in [7, 11) is 1.59. The number of hydrogen-bond donors (Lipinski definition) is 0. The van der Waals surface area contributed by atoms with E-state index in [1.807, 2.05) is 57.6 Å². The lowest BCUT2D eigenvalue weighted by Crippen LogP contribution is -2.26. The van der Waals surface area contributed by atoms with Crippen LogP contribution in [0, 0.1) is 0 Å². The van der Waals surface area contributed by atoms with Crippen LogP contribution < -0.4 is 4.74 Å². The molecular weight excluding hydrogens is 310 g/mol. The van der Waals surface area contributed by atoms with E-state index in [0.717, 1.165) is 16.9 Å². The van der Waals surface area contributed by atoms with Gasteiger partial charge in [-0.2, -0.15) is 5.10 Å². The number of benzene rings is 1. The molecular formula is C17H15N3O2S. The summed E-state index contributed by atoms with van der Waals surface area (Å²) in [5.74, 6) is -0.00101. The van der Waals surface area contributed by atoms with E-state index in [2.05, 4.69) is 5.10 Å². The number of amides is 1. The van der Waals surface area contributed by atoms with E-state index < -0.39 is 0 Å². The number of carbonyl (C=O) groups excluding carboxylic acids is 1. The molecule has 0 fully saturated rings. The highest BCUT2D eigenvalue weighted by molar-refractivity contribution is 7.12. The van der Waals surface area contributed by atoms with Gasteiger partial charge in [-0.15, -0.1) is 11.3 Å². The summed E-state index contributed by atoms with van der Waals surface area (Å²) >= 11 is 1.44. The summed E-state index contributed by atoms with van der Waals surface area (Å²) in [6.45, 7) is 1.14. The summed E-state index contributed by atoms with van der Waals surface area (Å²) in [6, 6.07) is 11.8. The third-order valence-corrected chi connectivity index (χ3v) is 4.86. The van der Waals surface area contributed by atoms with Crippen LogP contribution in [0.1, 0.15) is 21.6 Å². The van der Waals surface area contributed by atoms with Gasteiger partial charge in [0.15, 0.2) is 5.06 Å². The first kappa shape index (κ1) is 14.0. The summed E-state index contributed by atoms with van der Waals surface area (Å²) in [5, 5.41) is 6.99. The minimum atomic E-state index is -0.00101. The zero-order valence-corrected chi connectivity index (χ0v) is 13.4. The molecule has 1 aliphatic heterocycles. The number of ether oxygens (including phenoxy) is 1. The second-order valence-corrected chi connectivity index (χ2v) is 6.23. The van der Waals surface area contributed by atoms with Crippen LogP contribution in [0.4, 0.5) is 0 Å². The molecule has 3 aromatic rings. The van der Waals surface area contributed by atoms with Crippen LogP contribution in [0.2, 0.25) is 0 Å². The largest absolute Gasteiger partial charge is 0.487 e. The minimum Gasteiger partial charge on any atom is -0.487 e. The van der Waals surface area contributed by atoms with Gasteiger partial charge < -0.3 is 9.64 Å². The highest BCUT2D eigenvalue weighted by Gasteiger charge is 2.29. The lowest BCUT2D eigenvalue weighted by atomic mass is 10.3. The van der Waals surface area contributed by atoms with Crippen molar-refractivity contribution in [2.75, 3.05) is 7.11 Å². The second kappa shape index (κ2) is 5.55.